The van der Waals surface area contributed by atoms with Crippen molar-refractivity contribution in [3.8, 4) is 17.0 Å². The first-order chi connectivity index (χ1) is 11.0. The molecule has 3 rings (SSSR count). The Balaban J connectivity index is 2.00. The Morgan fingerprint density at radius 2 is 1.87 bits per heavy atom. The lowest BCUT2D eigenvalue weighted by atomic mass is 9.82. The molecule has 1 heterocycles. The lowest BCUT2D eigenvalue weighted by Gasteiger charge is -2.31. The second-order valence-corrected chi connectivity index (χ2v) is 5.73. The van der Waals surface area contributed by atoms with E-state index in [9.17, 15) is 0 Å². The average Bonchev–Trinajstić information content (AvgIpc) is 2.59. The largest absolute Gasteiger partial charge is 0.497 e. The first-order valence-corrected chi connectivity index (χ1v) is 7.43. The molecule has 1 atom stereocenters. The third-order valence-corrected chi connectivity index (χ3v) is 4.17. The van der Waals surface area contributed by atoms with Crippen LogP contribution in [-0.4, -0.2) is 17.1 Å². The maximum atomic E-state index is 6.57. The Labute approximate surface area is 135 Å². The van der Waals surface area contributed by atoms with E-state index in [-0.39, 0.29) is 0 Å². The zero-order valence-electron chi connectivity index (χ0n) is 13.3. The Morgan fingerprint density at radius 1 is 1.13 bits per heavy atom. The van der Waals surface area contributed by atoms with E-state index in [1.807, 2.05) is 49.4 Å². The van der Waals surface area contributed by atoms with Crippen LogP contribution in [0.2, 0.25) is 0 Å². The number of rotatable bonds is 3. The van der Waals surface area contributed by atoms with E-state index in [4.69, 9.17) is 16.2 Å². The summed E-state index contributed by atoms with van der Waals surface area (Å²) in [4.78, 5) is 9.07. The van der Waals surface area contributed by atoms with Gasteiger partial charge in [0.15, 0.2) is 5.82 Å². The van der Waals surface area contributed by atoms with Crippen molar-refractivity contribution in [2.75, 3.05) is 7.11 Å². The van der Waals surface area contributed by atoms with E-state index in [1.165, 1.54) is 0 Å². The van der Waals surface area contributed by atoms with Gasteiger partial charge < -0.3 is 16.2 Å². The van der Waals surface area contributed by atoms with Crippen molar-refractivity contribution in [2.24, 2.45) is 11.5 Å². The highest BCUT2D eigenvalue weighted by molar-refractivity contribution is 5.60. The minimum absolute atomic E-state index is 0.515. The van der Waals surface area contributed by atoms with Crippen LogP contribution in [0.25, 0.3) is 11.3 Å². The van der Waals surface area contributed by atoms with E-state index >= 15 is 0 Å². The second kappa shape index (κ2) is 5.85. The fourth-order valence-corrected chi connectivity index (χ4v) is 2.65. The molecule has 1 aliphatic carbocycles. The summed E-state index contributed by atoms with van der Waals surface area (Å²) < 4.78 is 5.19. The van der Waals surface area contributed by atoms with Crippen LogP contribution in [0.1, 0.15) is 19.2 Å². The van der Waals surface area contributed by atoms with Crippen LogP contribution in [0.4, 0.5) is 0 Å². The minimum Gasteiger partial charge on any atom is -0.497 e. The second-order valence-electron chi connectivity index (χ2n) is 5.73. The zero-order chi connectivity index (χ0) is 16.4. The van der Waals surface area contributed by atoms with Gasteiger partial charge in [-0.15, -0.1) is 0 Å². The summed E-state index contributed by atoms with van der Waals surface area (Å²) in [5.74, 6) is 1.39. The van der Waals surface area contributed by atoms with Gasteiger partial charge in [-0.2, -0.15) is 0 Å². The first kappa shape index (κ1) is 15.2. The summed E-state index contributed by atoms with van der Waals surface area (Å²) in [7, 11) is 1.64. The topological polar surface area (TPSA) is 87.0 Å². The number of hydrogen-bond acceptors (Lipinski definition) is 5. The zero-order valence-corrected chi connectivity index (χ0v) is 13.3. The summed E-state index contributed by atoms with van der Waals surface area (Å²) in [6, 6.07) is 9.61. The minimum atomic E-state index is -0.763. The molecule has 0 saturated heterocycles. The van der Waals surface area contributed by atoms with Gasteiger partial charge in [-0.3, -0.25) is 0 Å². The highest BCUT2D eigenvalue weighted by Crippen LogP contribution is 2.33. The van der Waals surface area contributed by atoms with E-state index < -0.39 is 5.54 Å². The molecule has 0 saturated carbocycles. The standard InChI is InChI=1S/C18H20N4O/c1-12-3-6-14(19)11-18(12,20)17-21-10-9-16(22-17)13-4-7-15(23-2)8-5-13/h3-10H,11,19-20H2,1-2H3. The van der Waals surface area contributed by atoms with Crippen LogP contribution in [-0.2, 0) is 5.54 Å². The van der Waals surface area contributed by atoms with Crippen molar-refractivity contribution >= 4 is 0 Å². The molecule has 1 aliphatic rings. The van der Waals surface area contributed by atoms with Crippen LogP contribution in [0.15, 0.2) is 60.0 Å². The Hall–Kier alpha value is -2.66. The summed E-state index contributed by atoms with van der Waals surface area (Å²) in [6.45, 7) is 1.98. The number of nitrogens with two attached hydrogens (primary N) is 2. The highest BCUT2D eigenvalue weighted by Gasteiger charge is 2.34. The maximum Gasteiger partial charge on any atom is 0.153 e. The molecule has 0 aliphatic heterocycles. The number of aromatic nitrogens is 2. The molecule has 0 fully saturated rings. The van der Waals surface area contributed by atoms with Crippen LogP contribution >= 0.6 is 0 Å². The molecule has 4 N–H and O–H groups in total. The predicted molar refractivity (Wildman–Crippen MR) is 90.5 cm³/mol. The van der Waals surface area contributed by atoms with Crippen molar-refractivity contribution < 1.29 is 4.74 Å². The Kier molecular flexibility index (Phi) is 3.88. The third-order valence-electron chi connectivity index (χ3n) is 4.17. The van der Waals surface area contributed by atoms with E-state index in [2.05, 4.69) is 9.97 Å². The molecule has 5 heteroatoms. The molecule has 1 aromatic heterocycles. The van der Waals surface area contributed by atoms with E-state index in [0.717, 1.165) is 28.3 Å². The summed E-state index contributed by atoms with van der Waals surface area (Å²) >= 11 is 0. The van der Waals surface area contributed by atoms with Crippen molar-refractivity contribution in [1.29, 1.82) is 0 Å². The van der Waals surface area contributed by atoms with E-state index in [1.54, 1.807) is 13.3 Å². The smallest absolute Gasteiger partial charge is 0.153 e. The van der Waals surface area contributed by atoms with Gasteiger partial charge in [0.25, 0.3) is 0 Å². The van der Waals surface area contributed by atoms with Gasteiger partial charge in [0.05, 0.1) is 12.8 Å². The van der Waals surface area contributed by atoms with Crippen LogP contribution in [0, 0.1) is 0 Å². The van der Waals surface area contributed by atoms with Crippen LogP contribution < -0.4 is 16.2 Å². The average molecular weight is 308 g/mol. The van der Waals surface area contributed by atoms with Crippen molar-refractivity contribution in [1.82, 2.24) is 9.97 Å². The van der Waals surface area contributed by atoms with Gasteiger partial charge in [-0.1, -0.05) is 6.08 Å². The summed E-state index contributed by atoms with van der Waals surface area (Å²) in [5.41, 5.74) is 15.3. The molecule has 118 valence electrons. The number of allylic oxidation sites excluding steroid dienone is 2. The molecule has 0 spiro atoms. The van der Waals surface area contributed by atoms with Crippen LogP contribution in [0.3, 0.4) is 0 Å². The SMILES string of the molecule is COc1ccc(-c2ccnc(C3(N)CC(N)=CC=C3C)n2)cc1. The summed E-state index contributed by atoms with van der Waals surface area (Å²) in [6.07, 6.45) is 6.07. The lowest BCUT2D eigenvalue weighted by molar-refractivity contribution is 0.415. The molecular formula is C18H20N4O. The number of methoxy groups -OCH3 is 1. The normalized spacial score (nSPS) is 20.7. The van der Waals surface area contributed by atoms with Gasteiger partial charge >= 0.3 is 0 Å². The molecule has 1 unspecified atom stereocenters. The molecule has 0 amide bonds. The van der Waals surface area contributed by atoms with Crippen LogP contribution in [0.5, 0.6) is 5.75 Å². The van der Waals surface area contributed by atoms with Crippen molar-refractivity contribution in [2.45, 2.75) is 18.9 Å². The fraction of sp³-hybridized carbons (Fsp3) is 0.222. The van der Waals surface area contributed by atoms with Gasteiger partial charge in [-0.25, -0.2) is 9.97 Å². The number of ether oxygens (including phenoxy) is 1. The molecule has 2 aromatic rings. The quantitative estimate of drug-likeness (QED) is 0.909. The fourth-order valence-electron chi connectivity index (χ4n) is 2.65. The molecule has 0 bridgehead atoms. The Bertz CT molecular complexity index is 780. The predicted octanol–water partition coefficient (Wildman–Crippen LogP) is 2.50. The summed E-state index contributed by atoms with van der Waals surface area (Å²) in [5, 5.41) is 0. The van der Waals surface area contributed by atoms with E-state index in [0.29, 0.717) is 12.2 Å². The highest BCUT2D eigenvalue weighted by atomic mass is 16.5. The Morgan fingerprint density at radius 3 is 2.57 bits per heavy atom. The van der Waals surface area contributed by atoms with Gasteiger partial charge in [-0.05, 0) is 48.9 Å². The molecule has 0 radical (unpaired) electrons. The van der Waals surface area contributed by atoms with Gasteiger partial charge in [0.2, 0.25) is 0 Å². The number of benzene rings is 1. The van der Waals surface area contributed by atoms with Crippen molar-refractivity contribution in [3.63, 3.8) is 0 Å². The molecule has 23 heavy (non-hydrogen) atoms. The van der Waals surface area contributed by atoms with Crippen molar-refractivity contribution in [3.05, 3.63) is 65.8 Å². The monoisotopic (exact) mass is 308 g/mol. The molecule has 5 nitrogen and oxygen atoms in total. The maximum absolute atomic E-state index is 6.57. The molecular weight excluding hydrogens is 288 g/mol. The number of nitrogens with zero attached hydrogens (tertiary/aromatic N) is 2. The molecule has 1 aromatic carbocycles. The number of hydrogen-bond donors (Lipinski definition) is 2. The first-order valence-electron chi connectivity index (χ1n) is 7.43. The third kappa shape index (κ3) is 2.83. The van der Waals surface area contributed by atoms with Gasteiger partial charge in [0, 0.05) is 23.9 Å². The lowest BCUT2D eigenvalue weighted by Crippen LogP contribution is -2.42. The van der Waals surface area contributed by atoms with Gasteiger partial charge in [0.1, 0.15) is 11.3 Å².